The lowest BCUT2D eigenvalue weighted by molar-refractivity contribution is -0.0708. The van der Waals surface area contributed by atoms with Crippen LogP contribution in [-0.2, 0) is 15.5 Å². The number of anilines is 1. The summed E-state index contributed by atoms with van der Waals surface area (Å²) in [6, 6.07) is 7.44. The molecule has 3 nitrogen and oxygen atoms in total. The first-order chi connectivity index (χ1) is 9.19. The SMILES string of the molecule is Nc1ccc(S(=O)C2CCOC3(CCCC3)C2)cc1. The van der Waals surface area contributed by atoms with Gasteiger partial charge in [0, 0.05) is 22.4 Å². The molecule has 0 radical (unpaired) electrons. The van der Waals surface area contributed by atoms with Crippen molar-refractivity contribution in [2.45, 2.75) is 54.3 Å². The highest BCUT2D eigenvalue weighted by molar-refractivity contribution is 7.85. The van der Waals surface area contributed by atoms with Crippen molar-refractivity contribution >= 4 is 16.5 Å². The Hall–Kier alpha value is -0.870. The summed E-state index contributed by atoms with van der Waals surface area (Å²) in [6.45, 7) is 0.755. The summed E-state index contributed by atoms with van der Waals surface area (Å²) in [5, 5.41) is 0.232. The first kappa shape index (κ1) is 13.1. The molecular formula is C15H21NO2S. The van der Waals surface area contributed by atoms with Gasteiger partial charge in [0.15, 0.2) is 0 Å². The smallest absolute Gasteiger partial charge is 0.0694 e. The van der Waals surface area contributed by atoms with Gasteiger partial charge in [-0.05, 0) is 49.9 Å². The standard InChI is InChI=1S/C15H21NO2S/c16-12-3-5-13(6-4-12)19(17)14-7-10-18-15(11-14)8-1-2-9-15/h3-6,14H,1-2,7-11,16H2. The van der Waals surface area contributed by atoms with Crippen molar-refractivity contribution in [3.63, 3.8) is 0 Å². The van der Waals surface area contributed by atoms with Crippen LogP contribution in [0, 0.1) is 0 Å². The summed E-state index contributed by atoms with van der Waals surface area (Å²) < 4.78 is 18.7. The molecule has 19 heavy (non-hydrogen) atoms. The summed E-state index contributed by atoms with van der Waals surface area (Å²) in [4.78, 5) is 0.897. The fraction of sp³-hybridized carbons (Fsp3) is 0.600. The summed E-state index contributed by atoms with van der Waals surface area (Å²) >= 11 is 0. The van der Waals surface area contributed by atoms with Crippen LogP contribution in [0.3, 0.4) is 0 Å². The predicted octanol–water partition coefficient (Wildman–Crippen LogP) is 2.87. The van der Waals surface area contributed by atoms with Crippen LogP contribution in [0.15, 0.2) is 29.2 Å². The third-order valence-electron chi connectivity index (χ3n) is 4.38. The molecule has 2 atom stereocenters. The summed E-state index contributed by atoms with van der Waals surface area (Å²) in [5.41, 5.74) is 6.44. The van der Waals surface area contributed by atoms with Crippen LogP contribution >= 0.6 is 0 Å². The molecular weight excluding hydrogens is 258 g/mol. The molecule has 1 aromatic carbocycles. The zero-order chi connectivity index (χ0) is 13.3. The molecule has 0 aromatic heterocycles. The third kappa shape index (κ3) is 2.70. The quantitative estimate of drug-likeness (QED) is 0.847. The van der Waals surface area contributed by atoms with E-state index in [-0.39, 0.29) is 10.9 Å². The van der Waals surface area contributed by atoms with E-state index in [4.69, 9.17) is 10.5 Å². The third-order valence-corrected chi connectivity index (χ3v) is 6.12. The van der Waals surface area contributed by atoms with Gasteiger partial charge >= 0.3 is 0 Å². The molecule has 1 aliphatic heterocycles. The van der Waals surface area contributed by atoms with E-state index in [9.17, 15) is 4.21 Å². The molecule has 0 amide bonds. The fourth-order valence-corrected chi connectivity index (χ4v) is 4.88. The van der Waals surface area contributed by atoms with Crippen LogP contribution in [0.4, 0.5) is 5.69 Å². The Bertz CT molecular complexity index is 466. The molecule has 1 aromatic rings. The van der Waals surface area contributed by atoms with Crippen molar-refractivity contribution in [1.29, 1.82) is 0 Å². The molecule has 0 bridgehead atoms. The Labute approximate surface area is 117 Å². The van der Waals surface area contributed by atoms with Crippen molar-refractivity contribution in [2.75, 3.05) is 12.3 Å². The van der Waals surface area contributed by atoms with Gasteiger partial charge in [-0.3, -0.25) is 4.21 Å². The van der Waals surface area contributed by atoms with E-state index in [2.05, 4.69) is 0 Å². The van der Waals surface area contributed by atoms with E-state index in [1.807, 2.05) is 24.3 Å². The molecule has 2 aliphatic rings. The Morgan fingerprint density at radius 3 is 2.58 bits per heavy atom. The normalized spacial score (nSPS) is 27.5. The van der Waals surface area contributed by atoms with Gasteiger partial charge in [-0.1, -0.05) is 12.8 Å². The molecule has 1 saturated heterocycles. The zero-order valence-corrected chi connectivity index (χ0v) is 12.0. The predicted molar refractivity (Wildman–Crippen MR) is 77.4 cm³/mol. The van der Waals surface area contributed by atoms with E-state index in [0.717, 1.165) is 42.9 Å². The molecule has 4 heteroatoms. The van der Waals surface area contributed by atoms with Gasteiger partial charge in [0.05, 0.1) is 16.4 Å². The minimum atomic E-state index is -0.936. The van der Waals surface area contributed by atoms with Gasteiger partial charge in [-0.2, -0.15) is 0 Å². The van der Waals surface area contributed by atoms with Crippen LogP contribution in [0.25, 0.3) is 0 Å². The van der Waals surface area contributed by atoms with Crippen LogP contribution < -0.4 is 5.73 Å². The summed E-state index contributed by atoms with van der Waals surface area (Å²) in [5.74, 6) is 0. The molecule has 2 N–H and O–H groups in total. The van der Waals surface area contributed by atoms with E-state index in [0.29, 0.717) is 0 Å². The number of nitrogens with two attached hydrogens (primary N) is 1. The molecule has 104 valence electrons. The molecule has 1 spiro atoms. The first-order valence-corrected chi connectivity index (χ1v) is 8.30. The van der Waals surface area contributed by atoms with Gasteiger partial charge in [-0.15, -0.1) is 0 Å². The second-order valence-corrected chi connectivity index (χ2v) is 7.45. The highest BCUT2D eigenvalue weighted by Crippen LogP contribution is 2.41. The molecule has 1 aliphatic carbocycles. The maximum absolute atomic E-state index is 12.7. The van der Waals surface area contributed by atoms with Crippen LogP contribution in [0.1, 0.15) is 38.5 Å². The van der Waals surface area contributed by atoms with Gasteiger partial charge in [0.2, 0.25) is 0 Å². The first-order valence-electron chi connectivity index (χ1n) is 7.09. The molecule has 2 unspecified atom stereocenters. The van der Waals surface area contributed by atoms with E-state index < -0.39 is 10.8 Å². The van der Waals surface area contributed by atoms with E-state index >= 15 is 0 Å². The lowest BCUT2D eigenvalue weighted by Crippen LogP contribution is -2.41. The maximum atomic E-state index is 12.7. The van der Waals surface area contributed by atoms with Crippen molar-refractivity contribution < 1.29 is 8.95 Å². The maximum Gasteiger partial charge on any atom is 0.0694 e. The Balaban J connectivity index is 1.74. The number of benzene rings is 1. The second-order valence-electron chi connectivity index (χ2n) is 5.72. The van der Waals surface area contributed by atoms with Gasteiger partial charge < -0.3 is 10.5 Å². The minimum absolute atomic E-state index is 0.0341. The van der Waals surface area contributed by atoms with Crippen LogP contribution in [-0.4, -0.2) is 21.7 Å². The topological polar surface area (TPSA) is 52.3 Å². The van der Waals surface area contributed by atoms with Crippen LogP contribution in [0.5, 0.6) is 0 Å². The molecule has 1 saturated carbocycles. The van der Waals surface area contributed by atoms with Crippen molar-refractivity contribution in [2.24, 2.45) is 0 Å². The highest BCUT2D eigenvalue weighted by atomic mass is 32.2. The lowest BCUT2D eigenvalue weighted by Gasteiger charge is -2.37. The summed E-state index contributed by atoms with van der Waals surface area (Å²) in [6.07, 6.45) is 6.63. The molecule has 1 heterocycles. The number of hydrogen-bond donors (Lipinski definition) is 1. The fourth-order valence-electron chi connectivity index (χ4n) is 3.33. The second kappa shape index (κ2) is 5.25. The highest BCUT2D eigenvalue weighted by Gasteiger charge is 2.41. The molecule has 2 fully saturated rings. The average molecular weight is 279 g/mol. The lowest BCUT2D eigenvalue weighted by atomic mass is 9.92. The number of rotatable bonds is 2. The number of hydrogen-bond acceptors (Lipinski definition) is 3. The summed E-state index contributed by atoms with van der Waals surface area (Å²) in [7, 11) is -0.936. The van der Waals surface area contributed by atoms with Crippen LogP contribution in [0.2, 0.25) is 0 Å². The van der Waals surface area contributed by atoms with Gasteiger partial charge in [0.25, 0.3) is 0 Å². The Kier molecular flexibility index (Phi) is 3.63. The van der Waals surface area contributed by atoms with E-state index in [1.165, 1.54) is 12.8 Å². The van der Waals surface area contributed by atoms with Crippen molar-refractivity contribution in [3.05, 3.63) is 24.3 Å². The minimum Gasteiger partial charge on any atom is -0.399 e. The monoisotopic (exact) mass is 279 g/mol. The largest absolute Gasteiger partial charge is 0.399 e. The van der Waals surface area contributed by atoms with E-state index in [1.54, 1.807) is 0 Å². The Morgan fingerprint density at radius 1 is 1.21 bits per heavy atom. The number of ether oxygens (including phenoxy) is 1. The van der Waals surface area contributed by atoms with Crippen molar-refractivity contribution in [1.82, 2.24) is 0 Å². The Morgan fingerprint density at radius 2 is 1.89 bits per heavy atom. The number of nitrogen functional groups attached to an aromatic ring is 1. The zero-order valence-electron chi connectivity index (χ0n) is 11.1. The van der Waals surface area contributed by atoms with Crippen molar-refractivity contribution in [3.8, 4) is 0 Å². The van der Waals surface area contributed by atoms with Gasteiger partial charge in [-0.25, -0.2) is 0 Å². The molecule has 3 rings (SSSR count). The van der Waals surface area contributed by atoms with Gasteiger partial charge in [0.1, 0.15) is 0 Å². The average Bonchev–Trinajstić information content (AvgIpc) is 2.87.